The van der Waals surface area contributed by atoms with E-state index in [2.05, 4.69) is 70.0 Å². The maximum atomic E-state index is 11.7. The number of imidazole rings is 1. The summed E-state index contributed by atoms with van der Waals surface area (Å²) in [5.74, 6) is 0.547. The topological polar surface area (TPSA) is 54.6 Å². The normalized spacial score (nSPS) is 11.8. The number of para-hydroxylation sites is 1. The third-order valence-corrected chi connectivity index (χ3v) is 7.19. The van der Waals surface area contributed by atoms with Gasteiger partial charge < -0.3 is 9.51 Å². The van der Waals surface area contributed by atoms with Gasteiger partial charge >= 0.3 is 0 Å². The molecule has 1 N–H and O–H groups in total. The molecule has 0 spiro atoms. The molecule has 1 radical (unpaired) electrons. The van der Waals surface area contributed by atoms with Crippen LogP contribution in [0.5, 0.6) is 0 Å². The molecule has 37 heavy (non-hydrogen) atoms. The molecule has 0 atom stereocenters. The standard InChI is InChI=1S/C19H11N2.C13H24O2.Ir/c1-2-6-14-12-17-16(11-13(14)5-1)15-7-3-4-8-18(15)21-10-9-20-19(17)21;1-5-10(6-2)12(14)9-13(15)11(7-3)8-4;/h1-11H;9-11,14H,5-8H2,1-4H3;/q-1;;/b;12-9-;. The van der Waals surface area contributed by atoms with E-state index in [1.807, 2.05) is 40.1 Å². The van der Waals surface area contributed by atoms with Crippen molar-refractivity contribution < 1.29 is 30.0 Å². The number of aromatic nitrogens is 2. The number of nitrogens with zero attached hydrogens (tertiary/aromatic N) is 2. The molecule has 0 aliphatic heterocycles. The number of allylic oxidation sites excluding steroid dienone is 2. The summed E-state index contributed by atoms with van der Waals surface area (Å²) in [6.07, 6.45) is 8.77. The minimum atomic E-state index is 0. The Morgan fingerprint density at radius 2 is 1.59 bits per heavy atom. The fourth-order valence-electron chi connectivity index (χ4n) is 4.93. The van der Waals surface area contributed by atoms with Crippen LogP contribution in [0.2, 0.25) is 0 Å². The van der Waals surface area contributed by atoms with Crippen LogP contribution in [-0.4, -0.2) is 20.3 Å². The molecule has 0 saturated heterocycles. The molecular weight excluding hydrogens is 637 g/mol. The van der Waals surface area contributed by atoms with Crippen molar-refractivity contribution in [1.29, 1.82) is 0 Å². The van der Waals surface area contributed by atoms with Crippen molar-refractivity contribution in [3.63, 3.8) is 0 Å². The molecule has 4 nitrogen and oxygen atoms in total. The molecule has 195 valence electrons. The van der Waals surface area contributed by atoms with Gasteiger partial charge in [-0.05, 0) is 37.1 Å². The minimum Gasteiger partial charge on any atom is -0.512 e. The van der Waals surface area contributed by atoms with Crippen molar-refractivity contribution >= 4 is 43.9 Å². The van der Waals surface area contributed by atoms with Gasteiger partial charge in [0.25, 0.3) is 0 Å². The molecule has 3 aromatic carbocycles. The quantitative estimate of drug-likeness (QED) is 0.0621. The Balaban J connectivity index is 0.000000214. The van der Waals surface area contributed by atoms with E-state index >= 15 is 0 Å². The van der Waals surface area contributed by atoms with Gasteiger partial charge in [0.15, 0.2) is 5.78 Å². The van der Waals surface area contributed by atoms with Crippen LogP contribution in [0.1, 0.15) is 53.4 Å². The average molecular weight is 672 g/mol. The molecule has 5 heteroatoms. The van der Waals surface area contributed by atoms with E-state index in [0.717, 1.165) is 42.1 Å². The molecule has 0 fully saturated rings. The molecule has 5 rings (SSSR count). The maximum absolute atomic E-state index is 11.7. The molecule has 0 bridgehead atoms. The summed E-state index contributed by atoms with van der Waals surface area (Å²) in [4.78, 5) is 16.3. The number of aliphatic hydroxyl groups is 1. The third kappa shape index (κ3) is 5.95. The van der Waals surface area contributed by atoms with E-state index in [1.54, 1.807) is 0 Å². The van der Waals surface area contributed by atoms with E-state index in [4.69, 9.17) is 0 Å². The minimum absolute atomic E-state index is 0. The number of ketones is 1. The number of fused-ring (bicyclic) bond motifs is 7. The van der Waals surface area contributed by atoms with E-state index < -0.39 is 0 Å². The zero-order valence-electron chi connectivity index (χ0n) is 22.0. The maximum Gasteiger partial charge on any atom is 0.162 e. The number of aliphatic hydroxyl groups excluding tert-OH is 1. The SMILES string of the molecule is CCC(CC)C(=O)/C=C(\O)C(CC)CC.[Ir].[c-]1c2ccccc2cc2c1c1nccn1c1ccccc21. The Morgan fingerprint density at radius 3 is 2.30 bits per heavy atom. The summed E-state index contributed by atoms with van der Waals surface area (Å²) < 4.78 is 2.14. The average Bonchev–Trinajstić information content (AvgIpc) is 3.40. The smallest absolute Gasteiger partial charge is 0.162 e. The molecule has 0 aliphatic carbocycles. The number of carbonyl (C=O) groups excluding carboxylic acids is 1. The van der Waals surface area contributed by atoms with Crippen molar-refractivity contribution in [2.45, 2.75) is 53.4 Å². The first-order valence-corrected chi connectivity index (χ1v) is 13.0. The van der Waals surface area contributed by atoms with Crippen molar-refractivity contribution in [2.24, 2.45) is 11.8 Å². The summed E-state index contributed by atoms with van der Waals surface area (Å²) in [6, 6.07) is 22.6. The van der Waals surface area contributed by atoms with E-state index in [-0.39, 0.29) is 43.5 Å². The Kier molecular flexibility index (Phi) is 10.0. The van der Waals surface area contributed by atoms with Gasteiger partial charge in [-0.2, -0.15) is 0 Å². The predicted octanol–water partition coefficient (Wildman–Crippen LogP) is 8.46. The predicted molar refractivity (Wildman–Crippen MR) is 150 cm³/mol. The summed E-state index contributed by atoms with van der Waals surface area (Å²) in [5.41, 5.74) is 2.15. The molecule has 5 aromatic rings. The Hall–Kier alpha value is -3.01. The second-order valence-electron chi connectivity index (χ2n) is 9.28. The monoisotopic (exact) mass is 672 g/mol. The molecule has 0 amide bonds. The largest absolute Gasteiger partial charge is 0.512 e. The zero-order valence-corrected chi connectivity index (χ0v) is 24.4. The number of pyridine rings is 1. The van der Waals surface area contributed by atoms with Gasteiger partial charge in [-0.15, -0.1) is 23.6 Å². The fourth-order valence-corrected chi connectivity index (χ4v) is 4.93. The first-order chi connectivity index (χ1) is 17.5. The van der Waals surface area contributed by atoms with E-state index in [0.29, 0.717) is 0 Å². The van der Waals surface area contributed by atoms with Crippen LogP contribution >= 0.6 is 0 Å². The van der Waals surface area contributed by atoms with Crippen molar-refractivity contribution in [2.75, 3.05) is 0 Å². The van der Waals surface area contributed by atoms with Gasteiger partial charge in [-0.25, -0.2) is 0 Å². The second-order valence-corrected chi connectivity index (χ2v) is 9.28. The van der Waals surface area contributed by atoms with Crippen LogP contribution in [0.15, 0.2) is 78.8 Å². The van der Waals surface area contributed by atoms with Gasteiger partial charge in [0.2, 0.25) is 0 Å². The van der Waals surface area contributed by atoms with Gasteiger partial charge in [-0.3, -0.25) is 9.78 Å². The molecule has 0 aliphatic rings. The Labute approximate surface area is 232 Å². The summed E-state index contributed by atoms with van der Waals surface area (Å²) in [6.45, 7) is 8.07. The van der Waals surface area contributed by atoms with Crippen LogP contribution in [0.4, 0.5) is 0 Å². The Morgan fingerprint density at radius 1 is 0.946 bits per heavy atom. The van der Waals surface area contributed by atoms with Crippen LogP contribution in [0, 0.1) is 17.9 Å². The number of carbonyl (C=O) groups is 1. The Bertz CT molecular complexity index is 1530. The summed E-state index contributed by atoms with van der Waals surface area (Å²) in [5, 5.41) is 15.6. The molecule has 2 aromatic heterocycles. The molecular formula is C32H35IrN2O2-. The number of benzene rings is 3. The van der Waals surface area contributed by atoms with Crippen LogP contribution in [0.25, 0.3) is 38.1 Å². The molecule has 2 heterocycles. The van der Waals surface area contributed by atoms with Gasteiger partial charge in [0.1, 0.15) is 0 Å². The van der Waals surface area contributed by atoms with E-state index in [9.17, 15) is 9.90 Å². The van der Waals surface area contributed by atoms with Crippen molar-refractivity contribution in [3.05, 3.63) is 84.9 Å². The number of rotatable bonds is 7. The van der Waals surface area contributed by atoms with Crippen LogP contribution in [0.3, 0.4) is 0 Å². The first-order valence-electron chi connectivity index (χ1n) is 13.0. The van der Waals surface area contributed by atoms with Crippen LogP contribution < -0.4 is 0 Å². The number of hydrogen-bond donors (Lipinski definition) is 1. The van der Waals surface area contributed by atoms with Gasteiger partial charge in [-0.1, -0.05) is 80.3 Å². The van der Waals surface area contributed by atoms with Gasteiger partial charge in [0, 0.05) is 55.9 Å². The summed E-state index contributed by atoms with van der Waals surface area (Å²) >= 11 is 0. The number of hydrogen-bond acceptors (Lipinski definition) is 3. The van der Waals surface area contributed by atoms with Gasteiger partial charge in [0.05, 0.1) is 11.4 Å². The third-order valence-electron chi connectivity index (χ3n) is 7.19. The zero-order chi connectivity index (χ0) is 25.7. The van der Waals surface area contributed by atoms with Crippen LogP contribution in [-0.2, 0) is 24.9 Å². The fraction of sp³-hybridized carbons (Fsp3) is 0.312. The van der Waals surface area contributed by atoms with Crippen molar-refractivity contribution in [1.82, 2.24) is 9.38 Å². The first kappa shape index (κ1) is 28.6. The molecule has 0 saturated carbocycles. The second kappa shape index (κ2) is 13.0. The van der Waals surface area contributed by atoms with E-state index in [1.165, 1.54) is 27.8 Å². The molecule has 0 unspecified atom stereocenters. The van der Waals surface area contributed by atoms with Crippen molar-refractivity contribution in [3.8, 4) is 0 Å². The summed E-state index contributed by atoms with van der Waals surface area (Å²) in [7, 11) is 0.